The molecule has 0 aromatic heterocycles. The monoisotopic (exact) mass is 512 g/mol. The third-order valence-electron chi connectivity index (χ3n) is 7.26. The molecule has 5 rings (SSSR count). The van der Waals surface area contributed by atoms with E-state index in [9.17, 15) is 26.4 Å². The number of carbonyl (C=O) groups excluding carboxylic acids is 1. The number of sulfonamides is 1. The molecule has 1 aliphatic carbocycles. The Kier molecular flexibility index (Phi) is 5.92. The first-order valence-corrected chi connectivity index (χ1v) is 12.8. The minimum Gasteiger partial charge on any atom is -0.368 e. The molecule has 35 heavy (non-hydrogen) atoms. The number of alkyl halides is 3. The van der Waals surface area contributed by atoms with Gasteiger partial charge in [0.05, 0.1) is 18.7 Å². The Bertz CT molecular complexity index is 1230. The lowest BCUT2D eigenvalue weighted by molar-refractivity contribution is -0.157. The highest BCUT2D eigenvalue weighted by Crippen LogP contribution is 2.56. The quantitative estimate of drug-likeness (QED) is 0.600. The summed E-state index contributed by atoms with van der Waals surface area (Å²) in [5.74, 6) is -0.957. The van der Waals surface area contributed by atoms with Crippen LogP contribution < -0.4 is 4.72 Å². The molecule has 2 aromatic rings. The Hall–Kier alpha value is -2.50. The van der Waals surface area contributed by atoms with Crippen LogP contribution in [0, 0.1) is 11.2 Å². The highest BCUT2D eigenvalue weighted by molar-refractivity contribution is 7.90. The zero-order chi connectivity index (χ0) is 25.0. The van der Waals surface area contributed by atoms with Crippen LogP contribution in [0.3, 0.4) is 0 Å². The van der Waals surface area contributed by atoms with E-state index in [0.717, 1.165) is 0 Å². The molecule has 1 saturated carbocycles. The number of likely N-dealkylation sites (tertiary alicyclic amines) is 1. The molecule has 6 nitrogen and oxygen atoms in total. The van der Waals surface area contributed by atoms with E-state index >= 15 is 4.39 Å². The van der Waals surface area contributed by atoms with Crippen molar-refractivity contribution in [2.45, 2.75) is 49.4 Å². The number of ether oxygens (including phenoxy) is 1. The van der Waals surface area contributed by atoms with E-state index in [1.807, 2.05) is 4.72 Å². The third-order valence-corrected chi connectivity index (χ3v) is 8.43. The summed E-state index contributed by atoms with van der Waals surface area (Å²) in [5, 5.41) is 0. The molecule has 0 radical (unpaired) electrons. The van der Waals surface area contributed by atoms with Gasteiger partial charge in [-0.15, -0.1) is 0 Å². The number of nitrogens with zero attached hydrogens (tertiary/aromatic N) is 1. The van der Waals surface area contributed by atoms with Crippen LogP contribution in [-0.2, 0) is 26.0 Å². The fourth-order valence-corrected chi connectivity index (χ4v) is 5.97. The fourth-order valence-electron chi connectivity index (χ4n) is 5.10. The molecular weight excluding hydrogens is 488 g/mol. The standard InChI is InChI=1S/C24H24F4N2O4S/c25-20-16(7-4-8-17(20)15-5-2-1-3-6-15)13-18-21(29-35(32,33)24(26,27)28)23(10-11-23)14-30(18)22(31)19-9-12-34-19/h1-8,18-19,21,29H,9-14H2/t18-,19+,21+/m0/s1. The van der Waals surface area contributed by atoms with Crippen molar-refractivity contribution in [3.05, 3.63) is 59.9 Å². The molecule has 1 spiro atoms. The van der Waals surface area contributed by atoms with Crippen LogP contribution in [0.25, 0.3) is 11.1 Å². The van der Waals surface area contributed by atoms with Gasteiger partial charge in [-0.05, 0) is 30.4 Å². The Morgan fingerprint density at radius 2 is 1.80 bits per heavy atom. The Morgan fingerprint density at radius 1 is 1.11 bits per heavy atom. The zero-order valence-electron chi connectivity index (χ0n) is 18.6. The van der Waals surface area contributed by atoms with E-state index in [0.29, 0.717) is 37.0 Å². The van der Waals surface area contributed by atoms with E-state index in [-0.39, 0.29) is 18.5 Å². The molecule has 188 valence electrons. The summed E-state index contributed by atoms with van der Waals surface area (Å²) < 4.78 is 86.6. The fraction of sp³-hybridized carbons (Fsp3) is 0.458. The summed E-state index contributed by atoms with van der Waals surface area (Å²) in [6, 6.07) is 11.3. The number of rotatable bonds is 6. The molecule has 2 aliphatic heterocycles. The molecular formula is C24H24F4N2O4S. The molecule has 3 aliphatic rings. The van der Waals surface area contributed by atoms with Crippen LogP contribution >= 0.6 is 0 Å². The van der Waals surface area contributed by atoms with Gasteiger partial charge in [0.25, 0.3) is 5.91 Å². The summed E-state index contributed by atoms with van der Waals surface area (Å²) in [5.41, 5.74) is -5.18. The van der Waals surface area contributed by atoms with E-state index in [4.69, 9.17) is 4.74 Å². The number of amides is 1. The van der Waals surface area contributed by atoms with Gasteiger partial charge in [0.1, 0.15) is 11.9 Å². The predicted octanol–water partition coefficient (Wildman–Crippen LogP) is 3.62. The Labute approximate surface area is 200 Å². The highest BCUT2D eigenvalue weighted by Gasteiger charge is 2.63. The maximum atomic E-state index is 15.6. The number of nitrogens with one attached hydrogen (secondary N) is 1. The molecule has 2 saturated heterocycles. The van der Waals surface area contributed by atoms with Gasteiger partial charge < -0.3 is 9.64 Å². The molecule has 1 N–H and O–H groups in total. The predicted molar refractivity (Wildman–Crippen MR) is 119 cm³/mol. The summed E-state index contributed by atoms with van der Waals surface area (Å²) in [7, 11) is -5.67. The average molecular weight is 513 g/mol. The van der Waals surface area contributed by atoms with Crippen LogP contribution in [0.2, 0.25) is 0 Å². The molecule has 2 aromatic carbocycles. The second kappa shape index (κ2) is 8.56. The van der Waals surface area contributed by atoms with Crippen LogP contribution in [0.1, 0.15) is 24.8 Å². The van der Waals surface area contributed by atoms with Crippen molar-refractivity contribution in [1.82, 2.24) is 9.62 Å². The largest absolute Gasteiger partial charge is 0.511 e. The second-order valence-corrected chi connectivity index (χ2v) is 11.1. The maximum absolute atomic E-state index is 15.6. The molecule has 2 heterocycles. The molecule has 3 atom stereocenters. The summed E-state index contributed by atoms with van der Waals surface area (Å²) in [6.45, 7) is 0.499. The Balaban J connectivity index is 1.52. The lowest BCUT2D eigenvalue weighted by Gasteiger charge is -2.34. The van der Waals surface area contributed by atoms with Crippen LogP contribution in [0.4, 0.5) is 17.6 Å². The number of carbonyl (C=O) groups is 1. The summed E-state index contributed by atoms with van der Waals surface area (Å²) in [4.78, 5) is 14.5. The third kappa shape index (κ3) is 4.34. The first-order chi connectivity index (χ1) is 16.5. The molecule has 0 bridgehead atoms. The molecule has 3 fully saturated rings. The molecule has 0 unspecified atom stereocenters. The van der Waals surface area contributed by atoms with Crippen molar-refractivity contribution in [3.63, 3.8) is 0 Å². The Morgan fingerprint density at radius 3 is 2.37 bits per heavy atom. The van der Waals surface area contributed by atoms with Gasteiger partial charge in [-0.3, -0.25) is 4.79 Å². The van der Waals surface area contributed by atoms with Crippen molar-refractivity contribution in [2.75, 3.05) is 13.2 Å². The number of halogens is 4. The lowest BCUT2D eigenvalue weighted by atomic mass is 9.91. The SMILES string of the molecule is O=C([C@H]1CCO1)N1CC2(CC2)[C@H](NS(=O)(=O)C(F)(F)F)[C@@H]1Cc1cccc(-c2ccccc2)c1F. The number of benzene rings is 2. The molecule has 1 amide bonds. The van der Waals surface area contributed by atoms with Gasteiger partial charge in [0.15, 0.2) is 0 Å². The van der Waals surface area contributed by atoms with Crippen molar-refractivity contribution >= 4 is 15.9 Å². The van der Waals surface area contributed by atoms with Crippen LogP contribution in [0.15, 0.2) is 48.5 Å². The van der Waals surface area contributed by atoms with E-state index in [2.05, 4.69) is 0 Å². The van der Waals surface area contributed by atoms with Crippen LogP contribution in [0.5, 0.6) is 0 Å². The van der Waals surface area contributed by atoms with Gasteiger partial charge in [-0.2, -0.15) is 13.2 Å². The minimum atomic E-state index is -5.67. The van der Waals surface area contributed by atoms with Gasteiger partial charge >= 0.3 is 15.5 Å². The van der Waals surface area contributed by atoms with Gasteiger partial charge in [-0.25, -0.2) is 17.5 Å². The van der Waals surface area contributed by atoms with E-state index < -0.39 is 50.9 Å². The van der Waals surface area contributed by atoms with Crippen molar-refractivity contribution < 1.29 is 35.5 Å². The van der Waals surface area contributed by atoms with Crippen LogP contribution in [-0.4, -0.2) is 56.1 Å². The normalized spacial score (nSPS) is 25.5. The lowest BCUT2D eigenvalue weighted by Crippen LogP contribution is -2.54. The summed E-state index contributed by atoms with van der Waals surface area (Å²) in [6.07, 6.45) is 0.558. The smallest absolute Gasteiger partial charge is 0.368 e. The maximum Gasteiger partial charge on any atom is 0.511 e. The molecule has 11 heteroatoms. The summed E-state index contributed by atoms with van der Waals surface area (Å²) >= 11 is 0. The highest BCUT2D eigenvalue weighted by atomic mass is 32.2. The van der Waals surface area contributed by atoms with Crippen molar-refractivity contribution in [2.24, 2.45) is 5.41 Å². The number of hydrogen-bond donors (Lipinski definition) is 1. The zero-order valence-corrected chi connectivity index (χ0v) is 19.4. The van der Waals surface area contributed by atoms with Crippen molar-refractivity contribution in [1.29, 1.82) is 0 Å². The van der Waals surface area contributed by atoms with Crippen molar-refractivity contribution in [3.8, 4) is 11.1 Å². The number of hydrogen-bond acceptors (Lipinski definition) is 4. The topological polar surface area (TPSA) is 75.7 Å². The van der Waals surface area contributed by atoms with Gasteiger partial charge in [-0.1, -0.05) is 48.5 Å². The first-order valence-electron chi connectivity index (χ1n) is 11.4. The van der Waals surface area contributed by atoms with Gasteiger partial charge in [0, 0.05) is 23.9 Å². The van der Waals surface area contributed by atoms with Gasteiger partial charge in [0.2, 0.25) is 0 Å². The average Bonchev–Trinajstić information content (AvgIpc) is 3.49. The van der Waals surface area contributed by atoms with E-state index in [1.165, 1.54) is 11.0 Å². The first kappa shape index (κ1) is 24.2. The minimum absolute atomic E-state index is 0.0986. The second-order valence-electron chi connectivity index (χ2n) is 9.44. The van der Waals surface area contributed by atoms with E-state index in [1.54, 1.807) is 42.5 Å².